The van der Waals surface area contributed by atoms with E-state index in [1.54, 1.807) is 0 Å². The molecule has 1 aliphatic heterocycles. The summed E-state index contributed by atoms with van der Waals surface area (Å²) in [4.78, 5) is 2.43. The van der Waals surface area contributed by atoms with Crippen LogP contribution in [0.15, 0.2) is 176 Å². The van der Waals surface area contributed by atoms with Gasteiger partial charge in [-0.2, -0.15) is 0 Å². The summed E-state index contributed by atoms with van der Waals surface area (Å²) in [6, 6.07) is 65.0. The van der Waals surface area contributed by atoms with E-state index in [9.17, 15) is 0 Å². The molecule has 8 aromatic carbocycles. The van der Waals surface area contributed by atoms with Crippen LogP contribution in [-0.2, 0) is 10.8 Å². The number of hydrogen-bond acceptors (Lipinski definition) is 3. The highest BCUT2D eigenvalue weighted by molar-refractivity contribution is 7.25. The van der Waals surface area contributed by atoms with Crippen LogP contribution in [-0.4, -0.2) is 0 Å². The summed E-state index contributed by atoms with van der Waals surface area (Å²) in [6.45, 7) is 4.71. The molecule has 0 saturated carbocycles. The summed E-state index contributed by atoms with van der Waals surface area (Å²) in [6.07, 6.45) is 0. The molecule has 2 aliphatic carbocycles. The van der Waals surface area contributed by atoms with Crippen LogP contribution in [0.1, 0.15) is 47.2 Å². The third kappa shape index (κ3) is 4.08. The number of para-hydroxylation sites is 3. The van der Waals surface area contributed by atoms with Crippen LogP contribution in [0.3, 0.4) is 0 Å². The lowest BCUT2D eigenvalue weighted by Crippen LogP contribution is -2.32. The molecule has 0 atom stereocenters. The Kier molecular flexibility index (Phi) is 6.23. The second kappa shape index (κ2) is 11.1. The standard InChI is InChI=1S/C52H35NOS/c1-51(2)41-18-8-6-16-35(41)37-26-24-34(29-45(37)51)53(32-14-4-3-5-15-32)33-25-27-49-39(28-33)40-30-38-36-17-7-9-19-42(36)52(46(38)31-50(40)55-49)43-20-10-12-22-47(43)54-48-23-13-11-21-44(48)52/h3-31H,1-2H3. The van der Waals surface area contributed by atoms with Gasteiger partial charge < -0.3 is 9.64 Å². The maximum atomic E-state index is 6.59. The topological polar surface area (TPSA) is 12.5 Å². The number of anilines is 3. The Labute approximate surface area is 324 Å². The molecular formula is C52H35NOS. The van der Waals surface area contributed by atoms with Gasteiger partial charge in [-0.05, 0) is 111 Å². The number of benzene rings is 8. The van der Waals surface area contributed by atoms with Gasteiger partial charge in [0.1, 0.15) is 11.5 Å². The van der Waals surface area contributed by atoms with Crippen molar-refractivity contribution in [2.75, 3.05) is 4.90 Å². The molecular weight excluding hydrogens is 687 g/mol. The first-order valence-corrected chi connectivity index (χ1v) is 19.9. The highest BCUT2D eigenvalue weighted by Gasteiger charge is 2.51. The quantitative estimate of drug-likeness (QED) is 0.180. The second-order valence-electron chi connectivity index (χ2n) is 15.6. The average Bonchev–Trinajstić information content (AvgIpc) is 3.81. The molecule has 12 rings (SSSR count). The van der Waals surface area contributed by atoms with Gasteiger partial charge in [-0.25, -0.2) is 0 Å². The SMILES string of the molecule is CC1(C)c2ccccc2-c2ccc(N(c3ccccc3)c3ccc4sc5cc6c(cc5c4c3)-c3ccccc3C63c4ccccc4Oc4ccccc43)cc21. The summed E-state index contributed by atoms with van der Waals surface area (Å²) in [5, 5.41) is 2.57. The summed E-state index contributed by atoms with van der Waals surface area (Å²) in [7, 11) is 0. The zero-order chi connectivity index (χ0) is 36.5. The number of thiophene rings is 1. The van der Waals surface area contributed by atoms with Gasteiger partial charge in [0.05, 0.1) is 5.41 Å². The van der Waals surface area contributed by atoms with Crippen molar-refractivity contribution in [1.82, 2.24) is 0 Å². The van der Waals surface area contributed by atoms with Crippen LogP contribution in [0.25, 0.3) is 42.4 Å². The minimum absolute atomic E-state index is 0.0860. The minimum atomic E-state index is -0.474. The molecule has 1 spiro atoms. The predicted octanol–water partition coefficient (Wildman–Crippen LogP) is 14.3. The lowest BCUT2D eigenvalue weighted by atomic mass is 9.66. The number of hydrogen-bond donors (Lipinski definition) is 0. The van der Waals surface area contributed by atoms with Crippen molar-refractivity contribution in [3.8, 4) is 33.8 Å². The Bertz CT molecular complexity index is 3020. The maximum absolute atomic E-state index is 6.59. The molecule has 3 heteroatoms. The van der Waals surface area contributed by atoms with E-state index in [0.29, 0.717) is 0 Å². The van der Waals surface area contributed by atoms with Gasteiger partial charge in [-0.15, -0.1) is 11.3 Å². The third-order valence-corrected chi connectivity index (χ3v) is 13.7. The first-order valence-electron chi connectivity index (χ1n) is 19.1. The van der Waals surface area contributed by atoms with Crippen molar-refractivity contribution in [3.63, 3.8) is 0 Å². The van der Waals surface area contributed by atoms with E-state index in [1.807, 2.05) is 11.3 Å². The van der Waals surface area contributed by atoms with Gasteiger partial charge in [0.25, 0.3) is 0 Å². The van der Waals surface area contributed by atoms with Crippen LogP contribution in [0, 0.1) is 0 Å². The molecule has 2 nitrogen and oxygen atoms in total. The second-order valence-corrected chi connectivity index (χ2v) is 16.7. The number of nitrogens with zero attached hydrogens (tertiary/aromatic N) is 1. The highest BCUT2D eigenvalue weighted by atomic mass is 32.1. The van der Waals surface area contributed by atoms with Crippen molar-refractivity contribution < 1.29 is 4.74 Å². The Morgan fingerprint density at radius 2 is 0.964 bits per heavy atom. The molecule has 0 bridgehead atoms. The first-order chi connectivity index (χ1) is 27.0. The van der Waals surface area contributed by atoms with Gasteiger partial charge in [-0.3, -0.25) is 0 Å². The van der Waals surface area contributed by atoms with E-state index in [1.165, 1.54) is 81.5 Å². The summed E-state index contributed by atoms with van der Waals surface area (Å²) in [5.74, 6) is 1.84. The summed E-state index contributed by atoms with van der Waals surface area (Å²) < 4.78 is 9.17. The monoisotopic (exact) mass is 721 g/mol. The average molecular weight is 722 g/mol. The van der Waals surface area contributed by atoms with E-state index >= 15 is 0 Å². The van der Waals surface area contributed by atoms with Crippen molar-refractivity contribution >= 4 is 48.6 Å². The first kappa shape index (κ1) is 31.0. The van der Waals surface area contributed by atoms with Crippen molar-refractivity contribution in [1.29, 1.82) is 0 Å². The molecule has 260 valence electrons. The molecule has 55 heavy (non-hydrogen) atoms. The molecule has 0 amide bonds. The molecule has 0 saturated heterocycles. The lowest BCUT2D eigenvalue weighted by Gasteiger charge is -2.39. The smallest absolute Gasteiger partial charge is 0.132 e. The Hall–Kier alpha value is -6.42. The molecule has 3 aliphatic rings. The number of ether oxygens (including phenoxy) is 1. The van der Waals surface area contributed by atoms with Crippen LogP contribution in [0.4, 0.5) is 17.1 Å². The Balaban J connectivity index is 1.08. The molecule has 0 N–H and O–H groups in total. The fourth-order valence-electron chi connectivity index (χ4n) is 10.1. The maximum Gasteiger partial charge on any atom is 0.132 e. The molecule has 9 aromatic rings. The van der Waals surface area contributed by atoms with Crippen LogP contribution in [0.2, 0.25) is 0 Å². The van der Waals surface area contributed by atoms with Crippen molar-refractivity contribution in [3.05, 3.63) is 209 Å². The normalized spacial score (nSPS) is 14.8. The molecule has 0 unspecified atom stereocenters. The van der Waals surface area contributed by atoms with E-state index in [-0.39, 0.29) is 5.41 Å². The fraction of sp³-hybridized carbons (Fsp3) is 0.0769. The number of rotatable bonds is 3. The largest absolute Gasteiger partial charge is 0.457 e. The van der Waals surface area contributed by atoms with Gasteiger partial charge in [-0.1, -0.05) is 123 Å². The third-order valence-electron chi connectivity index (χ3n) is 12.5. The Morgan fingerprint density at radius 1 is 0.400 bits per heavy atom. The van der Waals surface area contributed by atoms with Gasteiger partial charge in [0.15, 0.2) is 0 Å². The number of fused-ring (bicyclic) bond motifs is 15. The molecule has 0 radical (unpaired) electrons. The van der Waals surface area contributed by atoms with Crippen LogP contribution < -0.4 is 9.64 Å². The van der Waals surface area contributed by atoms with E-state index in [4.69, 9.17) is 4.74 Å². The molecule has 1 aromatic heterocycles. The highest BCUT2D eigenvalue weighted by Crippen LogP contribution is 2.63. The van der Waals surface area contributed by atoms with E-state index in [2.05, 4.69) is 195 Å². The predicted molar refractivity (Wildman–Crippen MR) is 229 cm³/mol. The van der Waals surface area contributed by atoms with Gasteiger partial charge >= 0.3 is 0 Å². The zero-order valence-electron chi connectivity index (χ0n) is 30.5. The molecule has 2 heterocycles. The minimum Gasteiger partial charge on any atom is -0.457 e. The fourth-order valence-corrected chi connectivity index (χ4v) is 11.2. The summed E-state index contributed by atoms with van der Waals surface area (Å²) >= 11 is 1.89. The Morgan fingerprint density at radius 3 is 1.71 bits per heavy atom. The van der Waals surface area contributed by atoms with Gasteiger partial charge in [0, 0.05) is 53.8 Å². The van der Waals surface area contributed by atoms with Crippen molar-refractivity contribution in [2.45, 2.75) is 24.7 Å². The summed E-state index contributed by atoms with van der Waals surface area (Å²) in [5.41, 5.74) is 15.9. The van der Waals surface area contributed by atoms with E-state index < -0.39 is 5.41 Å². The zero-order valence-corrected chi connectivity index (χ0v) is 31.3. The van der Waals surface area contributed by atoms with Crippen molar-refractivity contribution in [2.24, 2.45) is 0 Å². The lowest BCUT2D eigenvalue weighted by molar-refractivity contribution is 0.436. The van der Waals surface area contributed by atoms with E-state index in [0.717, 1.165) is 22.9 Å². The van der Waals surface area contributed by atoms with Gasteiger partial charge in [0.2, 0.25) is 0 Å². The van der Waals surface area contributed by atoms with Crippen LogP contribution in [0.5, 0.6) is 11.5 Å². The molecule has 0 fully saturated rings. The van der Waals surface area contributed by atoms with Crippen LogP contribution >= 0.6 is 11.3 Å².